The Kier molecular flexibility index (Phi) is 4.39. The van der Waals surface area contributed by atoms with Crippen molar-refractivity contribution in [3.8, 4) is 0 Å². The molecule has 0 heterocycles. The Labute approximate surface area is 97.2 Å². The summed E-state index contributed by atoms with van der Waals surface area (Å²) in [5.41, 5.74) is -0.774. The minimum absolute atomic E-state index is 0.215. The maximum atomic E-state index is 13.4. The van der Waals surface area contributed by atoms with Gasteiger partial charge in [-0.1, -0.05) is 0 Å². The summed E-state index contributed by atoms with van der Waals surface area (Å²) >= 11 is 0. The number of carbonyl (C=O) groups is 1. The second-order valence-electron chi connectivity index (χ2n) is 3.55. The van der Waals surface area contributed by atoms with Crippen LogP contribution in [0.3, 0.4) is 0 Å². The van der Waals surface area contributed by atoms with Gasteiger partial charge < -0.3 is 15.2 Å². The second kappa shape index (κ2) is 5.58. The highest BCUT2D eigenvalue weighted by Crippen LogP contribution is 2.20. The first-order chi connectivity index (χ1) is 7.95. The Hall–Kier alpha value is -1.69. The molecule has 4 nitrogen and oxygen atoms in total. The first kappa shape index (κ1) is 13.4. The van der Waals surface area contributed by atoms with Crippen molar-refractivity contribution in [2.24, 2.45) is 0 Å². The number of hydrogen-bond donors (Lipinski definition) is 2. The quantitative estimate of drug-likeness (QED) is 0.834. The van der Waals surface area contributed by atoms with E-state index >= 15 is 0 Å². The Morgan fingerprint density at radius 2 is 2.00 bits per heavy atom. The van der Waals surface area contributed by atoms with E-state index in [1.807, 2.05) is 0 Å². The number of benzene rings is 1. The molecule has 0 saturated carbocycles. The maximum Gasteiger partial charge on any atom is 0.335 e. The molecule has 1 atom stereocenters. The molecular weight excluding hydrogens is 232 g/mol. The van der Waals surface area contributed by atoms with Gasteiger partial charge in [0.15, 0.2) is 0 Å². The molecular formula is C11H13F2NO3. The predicted octanol–water partition coefficient (Wildman–Crippen LogP) is 2.11. The van der Waals surface area contributed by atoms with E-state index in [1.54, 1.807) is 6.92 Å². The van der Waals surface area contributed by atoms with Gasteiger partial charge in [0.05, 0.1) is 11.7 Å². The smallest absolute Gasteiger partial charge is 0.335 e. The number of hydrogen-bond acceptors (Lipinski definition) is 3. The third-order valence-electron chi connectivity index (χ3n) is 2.26. The molecule has 0 bridgehead atoms. The maximum absolute atomic E-state index is 13.4. The number of halogens is 2. The Balaban J connectivity index is 2.90. The zero-order chi connectivity index (χ0) is 13.0. The highest BCUT2D eigenvalue weighted by atomic mass is 19.1. The van der Waals surface area contributed by atoms with Crippen molar-refractivity contribution in [2.45, 2.75) is 13.0 Å². The van der Waals surface area contributed by atoms with Gasteiger partial charge in [-0.25, -0.2) is 13.6 Å². The van der Waals surface area contributed by atoms with Crippen molar-refractivity contribution >= 4 is 11.7 Å². The third-order valence-corrected chi connectivity index (χ3v) is 2.26. The van der Waals surface area contributed by atoms with Gasteiger partial charge >= 0.3 is 5.97 Å². The number of methoxy groups -OCH3 is 1. The molecule has 1 rings (SSSR count). The van der Waals surface area contributed by atoms with Gasteiger partial charge in [0, 0.05) is 13.7 Å². The third kappa shape index (κ3) is 3.39. The predicted molar refractivity (Wildman–Crippen MR) is 58.3 cm³/mol. The van der Waals surface area contributed by atoms with E-state index in [1.165, 1.54) is 7.11 Å². The normalized spacial score (nSPS) is 12.2. The molecule has 1 unspecified atom stereocenters. The van der Waals surface area contributed by atoms with Crippen LogP contribution in [0.25, 0.3) is 0 Å². The summed E-state index contributed by atoms with van der Waals surface area (Å²) in [7, 11) is 1.48. The highest BCUT2D eigenvalue weighted by molar-refractivity contribution is 5.88. The Morgan fingerprint density at radius 3 is 2.41 bits per heavy atom. The van der Waals surface area contributed by atoms with Crippen LogP contribution in [-0.4, -0.2) is 30.8 Å². The Morgan fingerprint density at radius 1 is 1.47 bits per heavy atom. The zero-order valence-corrected chi connectivity index (χ0v) is 9.46. The number of aromatic carboxylic acids is 1. The lowest BCUT2D eigenvalue weighted by Crippen LogP contribution is -2.19. The summed E-state index contributed by atoms with van der Waals surface area (Å²) in [4.78, 5) is 10.6. The zero-order valence-electron chi connectivity index (χ0n) is 9.46. The summed E-state index contributed by atoms with van der Waals surface area (Å²) in [6.45, 7) is 1.95. The number of nitrogens with one attached hydrogen (secondary N) is 1. The topological polar surface area (TPSA) is 58.6 Å². The monoisotopic (exact) mass is 245 g/mol. The summed E-state index contributed by atoms with van der Waals surface area (Å²) in [5, 5.41) is 11.1. The minimum Gasteiger partial charge on any atom is -0.478 e. The van der Waals surface area contributed by atoms with Crippen LogP contribution in [0.1, 0.15) is 17.3 Å². The van der Waals surface area contributed by atoms with Crippen LogP contribution in [0.2, 0.25) is 0 Å². The van der Waals surface area contributed by atoms with E-state index < -0.39 is 23.2 Å². The summed E-state index contributed by atoms with van der Waals surface area (Å²) in [5.74, 6) is -3.25. The molecule has 6 heteroatoms. The molecule has 0 aliphatic heterocycles. The number of carboxylic acids is 1. The van der Waals surface area contributed by atoms with Crippen LogP contribution in [-0.2, 0) is 4.74 Å². The summed E-state index contributed by atoms with van der Waals surface area (Å²) < 4.78 is 31.8. The fourth-order valence-corrected chi connectivity index (χ4v) is 1.19. The van der Waals surface area contributed by atoms with E-state index in [2.05, 4.69) is 5.32 Å². The molecule has 0 aromatic heterocycles. The first-order valence-corrected chi connectivity index (χ1v) is 4.94. The van der Waals surface area contributed by atoms with Gasteiger partial charge in [-0.3, -0.25) is 0 Å². The summed E-state index contributed by atoms with van der Waals surface area (Å²) in [6, 6.07) is 1.54. The highest BCUT2D eigenvalue weighted by Gasteiger charge is 2.14. The van der Waals surface area contributed by atoms with Crippen molar-refractivity contribution in [3.05, 3.63) is 29.3 Å². The molecule has 94 valence electrons. The van der Waals surface area contributed by atoms with Crippen molar-refractivity contribution in [2.75, 3.05) is 19.0 Å². The van der Waals surface area contributed by atoms with Gasteiger partial charge in [0.25, 0.3) is 0 Å². The number of rotatable bonds is 5. The van der Waals surface area contributed by atoms with E-state index in [4.69, 9.17) is 9.84 Å². The van der Waals surface area contributed by atoms with Crippen LogP contribution >= 0.6 is 0 Å². The van der Waals surface area contributed by atoms with Crippen LogP contribution in [0.4, 0.5) is 14.5 Å². The standard InChI is InChI=1S/C11H13F2NO3/c1-6(17-2)5-14-10-8(12)3-7(11(15)16)4-9(10)13/h3-4,6,14H,5H2,1-2H3,(H,15,16). The fraction of sp³-hybridized carbons (Fsp3) is 0.364. The molecule has 1 aromatic carbocycles. The summed E-state index contributed by atoms with van der Waals surface area (Å²) in [6.07, 6.45) is -0.215. The van der Waals surface area contributed by atoms with E-state index in [0.29, 0.717) is 0 Å². The first-order valence-electron chi connectivity index (χ1n) is 4.94. The van der Waals surface area contributed by atoms with E-state index in [-0.39, 0.29) is 18.3 Å². The lowest BCUT2D eigenvalue weighted by molar-refractivity contribution is 0.0695. The van der Waals surface area contributed by atoms with E-state index in [9.17, 15) is 13.6 Å². The minimum atomic E-state index is -1.38. The van der Waals surface area contributed by atoms with Gasteiger partial charge in [-0.2, -0.15) is 0 Å². The molecule has 1 aromatic rings. The number of carboxylic acid groups (broad SMARTS) is 1. The molecule has 17 heavy (non-hydrogen) atoms. The molecule has 0 fully saturated rings. The van der Waals surface area contributed by atoms with Crippen molar-refractivity contribution < 1.29 is 23.4 Å². The van der Waals surface area contributed by atoms with Crippen LogP contribution in [0.15, 0.2) is 12.1 Å². The van der Waals surface area contributed by atoms with Crippen molar-refractivity contribution in [1.29, 1.82) is 0 Å². The molecule has 0 aliphatic rings. The van der Waals surface area contributed by atoms with E-state index in [0.717, 1.165) is 12.1 Å². The number of anilines is 1. The van der Waals surface area contributed by atoms with Gasteiger partial charge in [0.1, 0.15) is 17.3 Å². The van der Waals surface area contributed by atoms with Crippen LogP contribution in [0, 0.1) is 11.6 Å². The molecule has 0 amide bonds. The lowest BCUT2D eigenvalue weighted by atomic mass is 10.2. The van der Waals surface area contributed by atoms with Crippen molar-refractivity contribution in [1.82, 2.24) is 0 Å². The van der Waals surface area contributed by atoms with Gasteiger partial charge in [-0.05, 0) is 19.1 Å². The molecule has 0 spiro atoms. The van der Waals surface area contributed by atoms with Crippen LogP contribution < -0.4 is 5.32 Å². The molecule has 0 saturated heterocycles. The Bertz CT molecular complexity index is 400. The molecule has 0 aliphatic carbocycles. The van der Waals surface area contributed by atoms with Gasteiger partial charge in [-0.15, -0.1) is 0 Å². The molecule has 0 radical (unpaired) electrons. The van der Waals surface area contributed by atoms with Gasteiger partial charge in [0.2, 0.25) is 0 Å². The largest absolute Gasteiger partial charge is 0.478 e. The second-order valence-corrected chi connectivity index (χ2v) is 3.55. The SMILES string of the molecule is COC(C)CNc1c(F)cc(C(=O)O)cc1F. The number of ether oxygens (including phenoxy) is 1. The average molecular weight is 245 g/mol. The fourth-order valence-electron chi connectivity index (χ4n) is 1.19. The molecule has 2 N–H and O–H groups in total. The van der Waals surface area contributed by atoms with Crippen LogP contribution in [0.5, 0.6) is 0 Å². The average Bonchev–Trinajstić information content (AvgIpc) is 2.27. The lowest BCUT2D eigenvalue weighted by Gasteiger charge is -2.13. The van der Waals surface area contributed by atoms with Crippen molar-refractivity contribution in [3.63, 3.8) is 0 Å².